The Morgan fingerprint density at radius 3 is 2.94 bits per heavy atom. The van der Waals surface area contributed by atoms with E-state index in [9.17, 15) is 0 Å². The second kappa shape index (κ2) is 6.13. The van der Waals surface area contributed by atoms with Crippen LogP contribution in [-0.2, 0) is 6.54 Å². The smallest absolute Gasteiger partial charge is 0.107 e. The van der Waals surface area contributed by atoms with Crippen molar-refractivity contribution in [3.63, 3.8) is 0 Å². The normalized spacial score (nSPS) is 25.8. The zero-order chi connectivity index (χ0) is 13.1. The van der Waals surface area contributed by atoms with E-state index in [1.54, 1.807) is 11.3 Å². The lowest BCUT2D eigenvalue weighted by Crippen LogP contribution is -2.55. The molecule has 0 aliphatic carbocycles. The SMILES string of the molecule is Cc1csc(CN2CC(CC(C)C)NCC2C)n1. The van der Waals surface area contributed by atoms with Crippen molar-refractivity contribution in [2.45, 2.75) is 52.7 Å². The molecule has 1 fully saturated rings. The predicted molar refractivity (Wildman–Crippen MR) is 78.0 cm³/mol. The van der Waals surface area contributed by atoms with Gasteiger partial charge in [-0.2, -0.15) is 0 Å². The van der Waals surface area contributed by atoms with Crippen LogP contribution in [-0.4, -0.2) is 35.1 Å². The van der Waals surface area contributed by atoms with Gasteiger partial charge in [-0.3, -0.25) is 4.90 Å². The third kappa shape index (κ3) is 3.77. The number of thiazole rings is 1. The molecule has 1 aliphatic rings. The van der Waals surface area contributed by atoms with Crippen molar-refractivity contribution >= 4 is 11.3 Å². The lowest BCUT2D eigenvalue weighted by Gasteiger charge is -2.39. The number of nitrogens with one attached hydrogen (secondary N) is 1. The van der Waals surface area contributed by atoms with Crippen LogP contribution >= 0.6 is 11.3 Å². The van der Waals surface area contributed by atoms with Crippen LogP contribution in [0.25, 0.3) is 0 Å². The lowest BCUT2D eigenvalue weighted by molar-refractivity contribution is 0.124. The standard InChI is InChI=1S/C14H25N3S/c1-10(2)5-13-7-17(12(4)6-15-13)8-14-16-11(3)9-18-14/h9-10,12-13,15H,5-8H2,1-4H3. The summed E-state index contributed by atoms with van der Waals surface area (Å²) in [4.78, 5) is 7.15. The van der Waals surface area contributed by atoms with Crippen molar-refractivity contribution in [2.75, 3.05) is 13.1 Å². The zero-order valence-corrected chi connectivity index (χ0v) is 12.8. The monoisotopic (exact) mass is 267 g/mol. The Morgan fingerprint density at radius 1 is 1.56 bits per heavy atom. The van der Waals surface area contributed by atoms with Crippen molar-refractivity contribution in [1.82, 2.24) is 15.2 Å². The molecule has 2 heterocycles. The third-order valence-corrected chi connectivity index (χ3v) is 4.49. The second-order valence-corrected chi connectivity index (χ2v) is 6.84. The molecule has 1 aliphatic heterocycles. The highest BCUT2D eigenvalue weighted by Crippen LogP contribution is 2.18. The van der Waals surface area contributed by atoms with Crippen LogP contribution in [0.15, 0.2) is 5.38 Å². The van der Waals surface area contributed by atoms with Crippen molar-refractivity contribution in [1.29, 1.82) is 0 Å². The third-order valence-electron chi connectivity index (χ3n) is 3.54. The first-order valence-corrected chi connectivity index (χ1v) is 7.81. The van der Waals surface area contributed by atoms with E-state index >= 15 is 0 Å². The van der Waals surface area contributed by atoms with E-state index in [1.807, 2.05) is 0 Å². The van der Waals surface area contributed by atoms with Gasteiger partial charge in [0.05, 0.1) is 6.54 Å². The highest BCUT2D eigenvalue weighted by atomic mass is 32.1. The first-order chi connectivity index (χ1) is 8.54. The Kier molecular flexibility index (Phi) is 4.76. The predicted octanol–water partition coefficient (Wildman–Crippen LogP) is 2.66. The molecular weight excluding hydrogens is 242 g/mol. The first kappa shape index (κ1) is 14.0. The molecule has 1 saturated heterocycles. The van der Waals surface area contributed by atoms with E-state index in [0.29, 0.717) is 12.1 Å². The minimum Gasteiger partial charge on any atom is -0.311 e. The quantitative estimate of drug-likeness (QED) is 0.909. The van der Waals surface area contributed by atoms with Gasteiger partial charge >= 0.3 is 0 Å². The number of aryl methyl sites for hydroxylation is 1. The van der Waals surface area contributed by atoms with Gasteiger partial charge in [0, 0.05) is 36.2 Å². The highest BCUT2D eigenvalue weighted by Gasteiger charge is 2.25. The maximum atomic E-state index is 4.58. The zero-order valence-electron chi connectivity index (χ0n) is 11.9. The Balaban J connectivity index is 1.93. The minimum atomic E-state index is 0.609. The largest absolute Gasteiger partial charge is 0.311 e. The number of hydrogen-bond acceptors (Lipinski definition) is 4. The van der Waals surface area contributed by atoms with Gasteiger partial charge in [-0.15, -0.1) is 11.3 Å². The first-order valence-electron chi connectivity index (χ1n) is 6.93. The average Bonchev–Trinajstić information content (AvgIpc) is 2.68. The number of aromatic nitrogens is 1. The van der Waals surface area contributed by atoms with E-state index in [0.717, 1.165) is 31.2 Å². The molecule has 4 heteroatoms. The van der Waals surface area contributed by atoms with Gasteiger partial charge in [-0.25, -0.2) is 4.98 Å². The summed E-state index contributed by atoms with van der Waals surface area (Å²) in [6.45, 7) is 12.2. The second-order valence-electron chi connectivity index (χ2n) is 5.90. The summed E-state index contributed by atoms with van der Waals surface area (Å²) in [5.74, 6) is 0.764. The van der Waals surface area contributed by atoms with Gasteiger partial charge in [0.1, 0.15) is 5.01 Å². The molecule has 0 amide bonds. The van der Waals surface area contributed by atoms with Crippen LogP contribution in [0.3, 0.4) is 0 Å². The molecule has 1 N–H and O–H groups in total. The molecule has 1 aromatic heterocycles. The maximum absolute atomic E-state index is 4.58. The summed E-state index contributed by atoms with van der Waals surface area (Å²) in [5.41, 5.74) is 1.15. The van der Waals surface area contributed by atoms with Gasteiger partial charge in [0.25, 0.3) is 0 Å². The molecule has 0 spiro atoms. The van der Waals surface area contributed by atoms with Gasteiger partial charge in [0.2, 0.25) is 0 Å². The van der Waals surface area contributed by atoms with Crippen LogP contribution in [0.2, 0.25) is 0 Å². The lowest BCUT2D eigenvalue weighted by atomic mass is 10.0. The van der Waals surface area contributed by atoms with E-state index in [4.69, 9.17) is 0 Å². The Morgan fingerprint density at radius 2 is 2.33 bits per heavy atom. The molecule has 0 saturated carbocycles. The molecule has 18 heavy (non-hydrogen) atoms. The van der Waals surface area contributed by atoms with Crippen molar-refractivity contribution in [2.24, 2.45) is 5.92 Å². The molecule has 2 atom stereocenters. The summed E-state index contributed by atoms with van der Waals surface area (Å²) < 4.78 is 0. The van der Waals surface area contributed by atoms with E-state index < -0.39 is 0 Å². The fraction of sp³-hybridized carbons (Fsp3) is 0.786. The molecule has 102 valence electrons. The Hall–Kier alpha value is -0.450. The summed E-state index contributed by atoms with van der Waals surface area (Å²) in [6, 6.07) is 1.25. The average molecular weight is 267 g/mol. The summed E-state index contributed by atoms with van der Waals surface area (Å²) in [7, 11) is 0. The molecule has 0 radical (unpaired) electrons. The molecule has 0 bridgehead atoms. The number of rotatable bonds is 4. The summed E-state index contributed by atoms with van der Waals surface area (Å²) in [5, 5.41) is 7.06. The van der Waals surface area contributed by atoms with Crippen LogP contribution < -0.4 is 5.32 Å². The van der Waals surface area contributed by atoms with Gasteiger partial charge < -0.3 is 5.32 Å². The fourth-order valence-corrected chi connectivity index (χ4v) is 3.39. The molecular formula is C14H25N3S. The van der Waals surface area contributed by atoms with E-state index in [1.165, 1.54) is 11.4 Å². The number of nitrogens with zero attached hydrogens (tertiary/aromatic N) is 2. The van der Waals surface area contributed by atoms with Crippen LogP contribution in [0.4, 0.5) is 0 Å². The van der Waals surface area contributed by atoms with Crippen molar-refractivity contribution < 1.29 is 0 Å². The van der Waals surface area contributed by atoms with Crippen molar-refractivity contribution in [3.05, 3.63) is 16.1 Å². The molecule has 2 rings (SSSR count). The number of piperazine rings is 1. The van der Waals surface area contributed by atoms with E-state index in [2.05, 4.69) is 48.3 Å². The topological polar surface area (TPSA) is 28.2 Å². The fourth-order valence-electron chi connectivity index (χ4n) is 2.59. The van der Waals surface area contributed by atoms with Crippen LogP contribution in [0, 0.1) is 12.8 Å². The summed E-state index contributed by atoms with van der Waals surface area (Å²) in [6.07, 6.45) is 1.26. The molecule has 0 aromatic carbocycles. The van der Waals surface area contributed by atoms with Gasteiger partial charge in [0.15, 0.2) is 0 Å². The Bertz CT molecular complexity index is 375. The van der Waals surface area contributed by atoms with Gasteiger partial charge in [-0.1, -0.05) is 13.8 Å². The Labute approximate surface area is 115 Å². The maximum Gasteiger partial charge on any atom is 0.107 e. The summed E-state index contributed by atoms with van der Waals surface area (Å²) >= 11 is 1.79. The molecule has 3 nitrogen and oxygen atoms in total. The van der Waals surface area contributed by atoms with Crippen LogP contribution in [0.5, 0.6) is 0 Å². The van der Waals surface area contributed by atoms with Crippen molar-refractivity contribution in [3.8, 4) is 0 Å². The molecule has 1 aromatic rings. The van der Waals surface area contributed by atoms with Crippen LogP contribution in [0.1, 0.15) is 37.9 Å². The van der Waals surface area contributed by atoms with Gasteiger partial charge in [-0.05, 0) is 26.2 Å². The van der Waals surface area contributed by atoms with E-state index in [-0.39, 0.29) is 0 Å². The highest BCUT2D eigenvalue weighted by molar-refractivity contribution is 7.09. The minimum absolute atomic E-state index is 0.609. The molecule has 2 unspecified atom stereocenters. The number of hydrogen-bond donors (Lipinski definition) is 1.